The SMILES string of the molecule is CNC(=O)c1ccc(NC(=O)COC(=O)c2cccc(NC(=O)OC(C)(C)C)c2)cc1. The molecule has 0 atom stereocenters. The molecule has 9 heteroatoms. The predicted octanol–water partition coefficient (Wildman–Crippen LogP) is 3.19. The van der Waals surface area contributed by atoms with Crippen LogP contribution in [0.15, 0.2) is 48.5 Å². The number of esters is 1. The van der Waals surface area contributed by atoms with Crippen molar-refractivity contribution in [2.24, 2.45) is 0 Å². The number of carbonyl (C=O) groups excluding carboxylic acids is 4. The number of nitrogens with one attached hydrogen (secondary N) is 3. The summed E-state index contributed by atoms with van der Waals surface area (Å²) in [5.74, 6) is -1.50. The van der Waals surface area contributed by atoms with Gasteiger partial charge in [-0.1, -0.05) is 6.07 Å². The van der Waals surface area contributed by atoms with Crippen LogP contribution in [-0.4, -0.2) is 43.1 Å². The number of benzene rings is 2. The van der Waals surface area contributed by atoms with E-state index in [0.29, 0.717) is 16.9 Å². The summed E-state index contributed by atoms with van der Waals surface area (Å²) < 4.78 is 10.2. The first-order valence-electron chi connectivity index (χ1n) is 9.46. The van der Waals surface area contributed by atoms with Crippen LogP contribution in [0.3, 0.4) is 0 Å². The highest BCUT2D eigenvalue weighted by Gasteiger charge is 2.17. The standard InChI is InChI=1S/C22H25N3O6/c1-22(2,3)31-21(29)25-17-7-5-6-15(12-17)20(28)30-13-18(26)24-16-10-8-14(9-11-16)19(27)23-4/h5-12H,13H2,1-4H3,(H,23,27)(H,24,26)(H,25,29). The molecule has 9 nitrogen and oxygen atoms in total. The maximum atomic E-state index is 12.2. The fraction of sp³-hybridized carbons (Fsp3) is 0.273. The molecule has 31 heavy (non-hydrogen) atoms. The Morgan fingerprint density at radius 2 is 1.55 bits per heavy atom. The summed E-state index contributed by atoms with van der Waals surface area (Å²) in [5, 5.41) is 7.60. The third-order valence-electron chi connectivity index (χ3n) is 3.74. The number of anilines is 2. The van der Waals surface area contributed by atoms with Gasteiger partial charge >= 0.3 is 12.1 Å². The Morgan fingerprint density at radius 3 is 2.16 bits per heavy atom. The van der Waals surface area contributed by atoms with Crippen LogP contribution >= 0.6 is 0 Å². The molecule has 0 saturated heterocycles. The second-order valence-electron chi connectivity index (χ2n) is 7.49. The van der Waals surface area contributed by atoms with Crippen molar-refractivity contribution in [3.8, 4) is 0 Å². The van der Waals surface area contributed by atoms with E-state index in [9.17, 15) is 19.2 Å². The zero-order chi connectivity index (χ0) is 23.0. The number of carbonyl (C=O) groups is 4. The smallest absolute Gasteiger partial charge is 0.412 e. The molecule has 2 aromatic rings. The normalized spacial score (nSPS) is 10.6. The number of ether oxygens (including phenoxy) is 2. The average molecular weight is 427 g/mol. The van der Waals surface area contributed by atoms with Crippen molar-refractivity contribution >= 4 is 35.3 Å². The van der Waals surface area contributed by atoms with E-state index >= 15 is 0 Å². The van der Waals surface area contributed by atoms with Gasteiger partial charge in [-0.15, -0.1) is 0 Å². The third kappa shape index (κ3) is 7.81. The number of rotatable bonds is 6. The molecule has 2 aromatic carbocycles. The lowest BCUT2D eigenvalue weighted by atomic mass is 10.2. The molecule has 3 N–H and O–H groups in total. The average Bonchev–Trinajstić information content (AvgIpc) is 2.70. The van der Waals surface area contributed by atoms with Crippen molar-refractivity contribution < 1.29 is 28.7 Å². The molecule has 0 aliphatic rings. The Kier molecular flexibility index (Phi) is 7.73. The molecular weight excluding hydrogens is 402 g/mol. The molecule has 164 valence electrons. The second-order valence-corrected chi connectivity index (χ2v) is 7.49. The minimum atomic E-state index is -0.724. The quantitative estimate of drug-likeness (QED) is 0.609. The minimum Gasteiger partial charge on any atom is -0.452 e. The summed E-state index contributed by atoms with van der Waals surface area (Å²) >= 11 is 0. The van der Waals surface area contributed by atoms with Crippen LogP contribution in [0.2, 0.25) is 0 Å². The van der Waals surface area contributed by atoms with Gasteiger partial charge in [0.25, 0.3) is 11.8 Å². The monoisotopic (exact) mass is 427 g/mol. The summed E-state index contributed by atoms with van der Waals surface area (Å²) in [7, 11) is 1.52. The fourth-order valence-electron chi connectivity index (χ4n) is 2.41. The fourth-order valence-corrected chi connectivity index (χ4v) is 2.41. The first kappa shape index (κ1) is 23.4. The van der Waals surface area contributed by atoms with E-state index < -0.39 is 30.2 Å². The Labute approximate surface area is 180 Å². The van der Waals surface area contributed by atoms with Gasteiger partial charge < -0.3 is 20.1 Å². The highest BCUT2D eigenvalue weighted by Crippen LogP contribution is 2.15. The lowest BCUT2D eigenvalue weighted by Crippen LogP contribution is -2.27. The molecule has 0 heterocycles. The Hall–Kier alpha value is -3.88. The van der Waals surface area contributed by atoms with Gasteiger partial charge in [0.05, 0.1) is 5.56 Å². The molecule has 0 radical (unpaired) electrons. The summed E-state index contributed by atoms with van der Waals surface area (Å²) in [6.07, 6.45) is -0.653. The zero-order valence-corrected chi connectivity index (χ0v) is 17.8. The van der Waals surface area contributed by atoms with E-state index in [-0.39, 0.29) is 11.5 Å². The zero-order valence-electron chi connectivity index (χ0n) is 17.8. The van der Waals surface area contributed by atoms with Crippen LogP contribution in [0.5, 0.6) is 0 Å². The molecule has 0 aliphatic carbocycles. The predicted molar refractivity (Wildman–Crippen MR) is 115 cm³/mol. The van der Waals surface area contributed by atoms with Crippen molar-refractivity contribution in [1.29, 1.82) is 0 Å². The first-order chi connectivity index (χ1) is 14.6. The van der Waals surface area contributed by atoms with Crippen LogP contribution in [0.25, 0.3) is 0 Å². The van der Waals surface area contributed by atoms with E-state index in [1.807, 2.05) is 0 Å². The van der Waals surface area contributed by atoms with Crippen molar-refractivity contribution in [1.82, 2.24) is 5.32 Å². The van der Waals surface area contributed by atoms with Gasteiger partial charge in [0.1, 0.15) is 5.60 Å². The lowest BCUT2D eigenvalue weighted by molar-refractivity contribution is -0.119. The second kappa shape index (κ2) is 10.2. The van der Waals surface area contributed by atoms with Crippen LogP contribution < -0.4 is 16.0 Å². The van der Waals surface area contributed by atoms with Gasteiger partial charge in [-0.2, -0.15) is 0 Å². The molecule has 0 unspecified atom stereocenters. The van der Waals surface area contributed by atoms with Crippen LogP contribution in [-0.2, 0) is 14.3 Å². The maximum Gasteiger partial charge on any atom is 0.412 e. The lowest BCUT2D eigenvalue weighted by Gasteiger charge is -2.19. The van der Waals surface area contributed by atoms with Gasteiger partial charge in [-0.05, 0) is 63.2 Å². The molecule has 0 bridgehead atoms. The van der Waals surface area contributed by atoms with E-state index in [4.69, 9.17) is 9.47 Å². The third-order valence-corrected chi connectivity index (χ3v) is 3.74. The Balaban J connectivity index is 1.88. The molecule has 3 amide bonds. The van der Waals surface area contributed by atoms with Crippen molar-refractivity contribution in [3.63, 3.8) is 0 Å². The molecule has 0 fully saturated rings. The van der Waals surface area contributed by atoms with Gasteiger partial charge in [-0.25, -0.2) is 9.59 Å². The molecule has 2 rings (SSSR count). The van der Waals surface area contributed by atoms with E-state index in [1.165, 1.54) is 19.2 Å². The number of hydrogen-bond acceptors (Lipinski definition) is 6. The molecule has 0 saturated carbocycles. The van der Waals surface area contributed by atoms with E-state index in [2.05, 4.69) is 16.0 Å². The highest BCUT2D eigenvalue weighted by atomic mass is 16.6. The maximum absolute atomic E-state index is 12.2. The molecule has 0 spiro atoms. The molecule has 0 aliphatic heterocycles. The van der Waals surface area contributed by atoms with Crippen molar-refractivity contribution in [3.05, 3.63) is 59.7 Å². The summed E-state index contributed by atoms with van der Waals surface area (Å²) in [5.41, 5.74) is 0.765. The molecule has 0 aromatic heterocycles. The van der Waals surface area contributed by atoms with E-state index in [0.717, 1.165) is 0 Å². The minimum absolute atomic E-state index is 0.163. The highest BCUT2D eigenvalue weighted by molar-refractivity contribution is 5.97. The Morgan fingerprint density at radius 1 is 0.871 bits per heavy atom. The number of amides is 3. The summed E-state index contributed by atoms with van der Waals surface area (Å²) in [4.78, 5) is 47.6. The van der Waals surface area contributed by atoms with Gasteiger partial charge in [-0.3, -0.25) is 14.9 Å². The molecular formula is C22H25N3O6. The first-order valence-corrected chi connectivity index (χ1v) is 9.46. The van der Waals surface area contributed by atoms with E-state index in [1.54, 1.807) is 57.2 Å². The van der Waals surface area contributed by atoms with Crippen LogP contribution in [0.4, 0.5) is 16.2 Å². The number of hydrogen-bond donors (Lipinski definition) is 3. The largest absolute Gasteiger partial charge is 0.452 e. The van der Waals surface area contributed by atoms with Crippen molar-refractivity contribution in [2.45, 2.75) is 26.4 Å². The van der Waals surface area contributed by atoms with Crippen LogP contribution in [0, 0.1) is 0 Å². The Bertz CT molecular complexity index is 964. The van der Waals surface area contributed by atoms with Gasteiger partial charge in [0, 0.05) is 24.0 Å². The topological polar surface area (TPSA) is 123 Å². The summed E-state index contributed by atoms with van der Waals surface area (Å²) in [6, 6.07) is 12.3. The van der Waals surface area contributed by atoms with Gasteiger partial charge in [0.2, 0.25) is 0 Å². The summed E-state index contributed by atoms with van der Waals surface area (Å²) in [6.45, 7) is 4.71. The van der Waals surface area contributed by atoms with Gasteiger partial charge in [0.15, 0.2) is 6.61 Å². The van der Waals surface area contributed by atoms with Crippen LogP contribution in [0.1, 0.15) is 41.5 Å². The van der Waals surface area contributed by atoms with Crippen molar-refractivity contribution in [2.75, 3.05) is 24.3 Å².